The lowest BCUT2D eigenvalue weighted by Crippen LogP contribution is -2.00. The summed E-state index contributed by atoms with van der Waals surface area (Å²) in [6, 6.07) is 9.89. The van der Waals surface area contributed by atoms with Crippen molar-refractivity contribution < 1.29 is 9.63 Å². The fraction of sp³-hybridized carbons (Fsp3) is 0.235. The summed E-state index contributed by atoms with van der Waals surface area (Å²) in [5.41, 5.74) is 2.63. The number of thiazole rings is 1. The average Bonchev–Trinajstić information content (AvgIpc) is 3.16. The van der Waals surface area contributed by atoms with Gasteiger partial charge in [0.2, 0.25) is 0 Å². The topological polar surface area (TPSA) is 56.0 Å². The van der Waals surface area contributed by atoms with Crippen LogP contribution in [0.3, 0.4) is 0 Å². The number of nitrogens with zero attached hydrogens (tertiary/aromatic N) is 3. The third-order valence-corrected chi connectivity index (χ3v) is 4.17. The van der Waals surface area contributed by atoms with Gasteiger partial charge >= 0.3 is 5.97 Å². The minimum absolute atomic E-state index is 0.310. The number of unbranched alkanes of at least 4 members (excludes halogenated alkanes) is 1. The fourth-order valence-corrected chi connectivity index (χ4v) is 2.96. The average molecular weight is 327 g/mol. The largest absolute Gasteiger partial charge is 0.335 e. The molecule has 3 aromatic rings. The lowest BCUT2D eigenvalue weighted by atomic mass is 10.1. The summed E-state index contributed by atoms with van der Waals surface area (Å²) in [5.74, 6) is -0.310. The van der Waals surface area contributed by atoms with Gasteiger partial charge in [-0.15, -0.1) is 11.3 Å². The number of carbonyl (C=O) groups is 1. The molecule has 0 saturated carbocycles. The van der Waals surface area contributed by atoms with E-state index < -0.39 is 0 Å². The van der Waals surface area contributed by atoms with Crippen LogP contribution in [0.1, 0.15) is 31.9 Å². The molecule has 0 aliphatic rings. The maximum Gasteiger partial charge on any atom is 0.335 e. The summed E-state index contributed by atoms with van der Waals surface area (Å²) in [5, 5.41) is 5.81. The van der Waals surface area contributed by atoms with E-state index in [4.69, 9.17) is 4.84 Å². The van der Waals surface area contributed by atoms with Gasteiger partial charge in [0.1, 0.15) is 0 Å². The van der Waals surface area contributed by atoms with Gasteiger partial charge in [-0.05, 0) is 6.42 Å². The van der Waals surface area contributed by atoms with E-state index >= 15 is 0 Å². The van der Waals surface area contributed by atoms with E-state index in [1.54, 1.807) is 17.6 Å². The number of benzene rings is 1. The van der Waals surface area contributed by atoms with Crippen molar-refractivity contribution in [3.05, 3.63) is 47.6 Å². The molecule has 2 aromatic heterocycles. The molecule has 6 heteroatoms. The Labute approximate surface area is 138 Å². The van der Waals surface area contributed by atoms with Crippen molar-refractivity contribution >= 4 is 28.5 Å². The monoisotopic (exact) mass is 327 g/mol. The summed E-state index contributed by atoms with van der Waals surface area (Å²) in [6.07, 6.45) is 5.64. The molecule has 0 bridgehead atoms. The van der Waals surface area contributed by atoms with Crippen LogP contribution in [0.5, 0.6) is 0 Å². The molecular weight excluding hydrogens is 310 g/mol. The van der Waals surface area contributed by atoms with Gasteiger partial charge in [-0.3, -0.25) is 4.40 Å². The number of oxime groups is 1. The highest BCUT2D eigenvalue weighted by Gasteiger charge is 2.13. The highest BCUT2D eigenvalue weighted by atomic mass is 32.1. The Balaban J connectivity index is 1.87. The van der Waals surface area contributed by atoms with Gasteiger partial charge in [0.25, 0.3) is 0 Å². The van der Waals surface area contributed by atoms with E-state index in [1.807, 2.05) is 53.2 Å². The number of hydrogen-bond acceptors (Lipinski definition) is 5. The second-order valence-electron chi connectivity index (χ2n) is 5.07. The summed E-state index contributed by atoms with van der Waals surface area (Å²) in [6.45, 7) is 2.03. The molecule has 0 fully saturated rings. The van der Waals surface area contributed by atoms with Gasteiger partial charge < -0.3 is 4.84 Å². The van der Waals surface area contributed by atoms with Crippen molar-refractivity contribution in [1.29, 1.82) is 0 Å². The van der Waals surface area contributed by atoms with Gasteiger partial charge in [0.05, 0.1) is 17.6 Å². The predicted octanol–water partition coefficient (Wildman–Crippen LogP) is 4.13. The molecule has 3 rings (SSSR count). The second kappa shape index (κ2) is 7.19. The first-order valence-electron chi connectivity index (χ1n) is 7.53. The Morgan fingerprint density at radius 1 is 1.39 bits per heavy atom. The minimum atomic E-state index is -0.310. The van der Waals surface area contributed by atoms with Crippen LogP contribution in [0.15, 0.2) is 47.1 Å². The standard InChI is InChI=1S/C17H17N3O2S/c1-2-3-9-15(21)22-18-12-14-16(13-7-5-4-6-8-13)19-17-20(14)10-11-23-17/h4-8,10-12H,2-3,9H2,1H3/b18-12+. The Morgan fingerprint density at radius 2 is 2.22 bits per heavy atom. The van der Waals surface area contributed by atoms with Crippen molar-refractivity contribution in [3.63, 3.8) is 0 Å². The molecule has 0 aliphatic carbocycles. The first kappa shape index (κ1) is 15.4. The maximum atomic E-state index is 11.5. The van der Waals surface area contributed by atoms with Crippen LogP contribution in [0.4, 0.5) is 0 Å². The van der Waals surface area contributed by atoms with E-state index in [1.165, 1.54) is 0 Å². The molecule has 0 aliphatic heterocycles. The highest BCUT2D eigenvalue weighted by Crippen LogP contribution is 2.25. The van der Waals surface area contributed by atoms with Crippen LogP contribution in [0, 0.1) is 0 Å². The van der Waals surface area contributed by atoms with Gasteiger partial charge in [-0.1, -0.05) is 48.8 Å². The Bertz CT molecular complexity index is 821. The fourth-order valence-electron chi connectivity index (χ4n) is 2.24. The summed E-state index contributed by atoms with van der Waals surface area (Å²) < 4.78 is 1.94. The number of imidazole rings is 1. The lowest BCUT2D eigenvalue weighted by Gasteiger charge is -1.99. The molecule has 118 valence electrons. The van der Waals surface area contributed by atoms with Crippen LogP contribution in [-0.4, -0.2) is 21.6 Å². The molecule has 0 amide bonds. The van der Waals surface area contributed by atoms with Crippen LogP contribution >= 0.6 is 11.3 Å². The zero-order chi connectivity index (χ0) is 16.1. The van der Waals surface area contributed by atoms with Crippen molar-refractivity contribution in [2.24, 2.45) is 5.16 Å². The van der Waals surface area contributed by atoms with Gasteiger partial charge in [0, 0.05) is 23.6 Å². The summed E-state index contributed by atoms with van der Waals surface area (Å²) in [4.78, 5) is 22.0. The third kappa shape index (κ3) is 3.48. The van der Waals surface area contributed by atoms with E-state index in [-0.39, 0.29) is 5.97 Å². The number of rotatable bonds is 6. The minimum Gasteiger partial charge on any atom is -0.318 e. The normalized spacial score (nSPS) is 11.3. The Morgan fingerprint density at radius 3 is 3.00 bits per heavy atom. The molecule has 0 saturated heterocycles. The van der Waals surface area contributed by atoms with E-state index in [9.17, 15) is 4.79 Å². The number of hydrogen-bond donors (Lipinski definition) is 0. The molecule has 0 atom stereocenters. The van der Waals surface area contributed by atoms with Crippen LogP contribution < -0.4 is 0 Å². The lowest BCUT2D eigenvalue weighted by molar-refractivity contribution is -0.143. The zero-order valence-electron chi connectivity index (χ0n) is 12.8. The molecule has 0 radical (unpaired) electrons. The van der Waals surface area contributed by atoms with Gasteiger partial charge in [-0.25, -0.2) is 9.78 Å². The molecule has 0 unspecified atom stereocenters. The molecule has 0 N–H and O–H groups in total. The van der Waals surface area contributed by atoms with Gasteiger partial charge in [-0.2, -0.15) is 0 Å². The SMILES string of the molecule is CCCCC(=O)O/N=C/c1c(-c2ccccc2)nc2sccn12. The van der Waals surface area contributed by atoms with E-state index in [0.717, 1.165) is 34.8 Å². The molecule has 2 heterocycles. The highest BCUT2D eigenvalue weighted by molar-refractivity contribution is 7.15. The van der Waals surface area contributed by atoms with Crippen LogP contribution in [0.25, 0.3) is 16.2 Å². The number of carbonyl (C=O) groups excluding carboxylic acids is 1. The van der Waals surface area contributed by atoms with Crippen LogP contribution in [-0.2, 0) is 9.63 Å². The Kier molecular flexibility index (Phi) is 4.83. The first-order chi connectivity index (χ1) is 11.3. The first-order valence-corrected chi connectivity index (χ1v) is 8.41. The number of aromatic nitrogens is 2. The third-order valence-electron chi connectivity index (χ3n) is 3.41. The summed E-state index contributed by atoms with van der Waals surface area (Å²) >= 11 is 1.55. The summed E-state index contributed by atoms with van der Waals surface area (Å²) in [7, 11) is 0. The number of fused-ring (bicyclic) bond motifs is 1. The van der Waals surface area contributed by atoms with Crippen LogP contribution in [0.2, 0.25) is 0 Å². The Hall–Kier alpha value is -2.47. The van der Waals surface area contributed by atoms with Crippen molar-refractivity contribution in [2.75, 3.05) is 0 Å². The smallest absolute Gasteiger partial charge is 0.318 e. The maximum absolute atomic E-state index is 11.5. The quantitative estimate of drug-likeness (QED) is 0.388. The molecular formula is C17H17N3O2S. The molecule has 5 nitrogen and oxygen atoms in total. The van der Waals surface area contributed by atoms with Crippen molar-refractivity contribution in [3.8, 4) is 11.3 Å². The van der Waals surface area contributed by atoms with Crippen molar-refractivity contribution in [2.45, 2.75) is 26.2 Å². The molecule has 1 aromatic carbocycles. The molecule has 0 spiro atoms. The van der Waals surface area contributed by atoms with E-state index in [2.05, 4.69) is 10.1 Å². The van der Waals surface area contributed by atoms with E-state index in [0.29, 0.717) is 6.42 Å². The van der Waals surface area contributed by atoms with Crippen molar-refractivity contribution in [1.82, 2.24) is 9.38 Å². The van der Waals surface area contributed by atoms with Gasteiger partial charge in [0.15, 0.2) is 4.96 Å². The zero-order valence-corrected chi connectivity index (χ0v) is 13.6. The second-order valence-corrected chi connectivity index (χ2v) is 5.94. The predicted molar refractivity (Wildman–Crippen MR) is 91.7 cm³/mol. The molecule has 23 heavy (non-hydrogen) atoms.